The first-order valence-corrected chi connectivity index (χ1v) is 10.2. The molecule has 0 radical (unpaired) electrons. The van der Waals surface area contributed by atoms with Crippen LogP contribution in [-0.4, -0.2) is 45.9 Å². The Labute approximate surface area is 177 Å². The van der Waals surface area contributed by atoms with E-state index in [0.717, 1.165) is 36.4 Å². The molecule has 1 atom stereocenters. The molecule has 10 nitrogen and oxygen atoms in total. The molecular weight excluding hydrogens is 392 g/mol. The standard InChI is InChI=1S/C21H20N10/c1-2-9-22-15(5-1)16-6-3-11-30(16)21-26-20(17-7-4-12-31(17)28-21)25-18-13-29(14-23-18)19-8-10-24-27-19/h1-2,4-5,7-10,12-14,16H,3,6,11H2,(H,24,27)(H,25,26,28). The maximum absolute atomic E-state index is 4.88. The smallest absolute Gasteiger partial charge is 0.246 e. The van der Waals surface area contributed by atoms with E-state index in [9.17, 15) is 0 Å². The molecular formula is C21H20N10. The SMILES string of the molecule is c1ccc(C2CCCN2c2nc(Nc3cn(-c4cc[nH]n4)cn3)c3cccn3n2)nc1. The molecule has 1 unspecified atom stereocenters. The van der Waals surface area contributed by atoms with E-state index in [1.165, 1.54) is 0 Å². The summed E-state index contributed by atoms with van der Waals surface area (Å²) in [5.74, 6) is 2.82. The molecule has 5 aromatic heterocycles. The summed E-state index contributed by atoms with van der Waals surface area (Å²) in [7, 11) is 0. The number of aromatic nitrogens is 8. The van der Waals surface area contributed by atoms with Crippen LogP contribution in [0.1, 0.15) is 24.6 Å². The van der Waals surface area contributed by atoms with Crippen molar-refractivity contribution in [1.29, 1.82) is 0 Å². The zero-order valence-electron chi connectivity index (χ0n) is 16.6. The molecule has 1 fully saturated rings. The zero-order chi connectivity index (χ0) is 20.6. The molecule has 154 valence electrons. The highest BCUT2D eigenvalue weighted by atomic mass is 15.4. The van der Waals surface area contributed by atoms with E-state index in [1.807, 2.05) is 58.0 Å². The monoisotopic (exact) mass is 412 g/mol. The maximum Gasteiger partial charge on any atom is 0.246 e. The number of pyridine rings is 1. The van der Waals surface area contributed by atoms with Crippen molar-refractivity contribution < 1.29 is 0 Å². The van der Waals surface area contributed by atoms with E-state index < -0.39 is 0 Å². The van der Waals surface area contributed by atoms with Gasteiger partial charge in [-0.3, -0.25) is 14.6 Å². The quantitative estimate of drug-likeness (QED) is 0.457. The second-order valence-corrected chi connectivity index (χ2v) is 7.43. The Morgan fingerprint density at radius 2 is 2.10 bits per heavy atom. The fourth-order valence-corrected chi connectivity index (χ4v) is 4.05. The summed E-state index contributed by atoms with van der Waals surface area (Å²) in [6.07, 6.45) is 11.2. The molecule has 0 amide bonds. The van der Waals surface area contributed by atoms with Gasteiger partial charge in [0.15, 0.2) is 11.6 Å². The number of fused-ring (bicyclic) bond motifs is 1. The average molecular weight is 412 g/mol. The first-order valence-electron chi connectivity index (χ1n) is 10.2. The van der Waals surface area contributed by atoms with Crippen LogP contribution in [0.2, 0.25) is 0 Å². The van der Waals surface area contributed by atoms with Crippen LogP contribution in [0, 0.1) is 0 Å². The fourth-order valence-electron chi connectivity index (χ4n) is 4.05. The average Bonchev–Trinajstić information content (AvgIpc) is 3.61. The van der Waals surface area contributed by atoms with Gasteiger partial charge in [-0.1, -0.05) is 6.07 Å². The number of H-pyrrole nitrogens is 1. The molecule has 1 aliphatic rings. The van der Waals surface area contributed by atoms with E-state index in [4.69, 9.17) is 10.1 Å². The van der Waals surface area contributed by atoms with Crippen molar-refractivity contribution in [3.8, 4) is 5.82 Å². The van der Waals surface area contributed by atoms with E-state index in [0.29, 0.717) is 17.6 Å². The molecule has 31 heavy (non-hydrogen) atoms. The minimum absolute atomic E-state index is 0.168. The highest BCUT2D eigenvalue weighted by molar-refractivity contribution is 5.73. The highest BCUT2D eigenvalue weighted by Crippen LogP contribution is 2.34. The van der Waals surface area contributed by atoms with Gasteiger partial charge in [-0.2, -0.15) is 10.1 Å². The molecule has 10 heteroatoms. The maximum atomic E-state index is 4.88. The summed E-state index contributed by atoms with van der Waals surface area (Å²) in [6.45, 7) is 0.890. The van der Waals surface area contributed by atoms with Gasteiger partial charge < -0.3 is 10.2 Å². The number of rotatable bonds is 5. The summed E-state index contributed by atoms with van der Waals surface area (Å²) in [6, 6.07) is 12.0. The molecule has 2 N–H and O–H groups in total. The van der Waals surface area contributed by atoms with Gasteiger partial charge in [0, 0.05) is 31.2 Å². The van der Waals surface area contributed by atoms with Crippen LogP contribution < -0.4 is 10.2 Å². The third-order valence-corrected chi connectivity index (χ3v) is 5.50. The van der Waals surface area contributed by atoms with Gasteiger partial charge in [0.25, 0.3) is 0 Å². The minimum atomic E-state index is 0.168. The van der Waals surface area contributed by atoms with Gasteiger partial charge >= 0.3 is 0 Å². The predicted molar refractivity (Wildman–Crippen MR) is 116 cm³/mol. The lowest BCUT2D eigenvalue weighted by Crippen LogP contribution is -2.26. The minimum Gasteiger partial charge on any atom is -0.331 e. The molecule has 1 saturated heterocycles. The first kappa shape index (κ1) is 17.6. The fraction of sp³-hybridized carbons (Fsp3) is 0.190. The predicted octanol–water partition coefficient (Wildman–Crippen LogP) is 3.12. The van der Waals surface area contributed by atoms with Crippen LogP contribution in [0.3, 0.4) is 0 Å². The topological polar surface area (TPSA) is 105 Å². The van der Waals surface area contributed by atoms with Gasteiger partial charge in [0.1, 0.15) is 17.7 Å². The lowest BCUT2D eigenvalue weighted by atomic mass is 10.1. The van der Waals surface area contributed by atoms with Crippen LogP contribution in [0.15, 0.2) is 67.5 Å². The molecule has 0 spiro atoms. The van der Waals surface area contributed by atoms with E-state index in [-0.39, 0.29) is 6.04 Å². The number of imidazole rings is 1. The van der Waals surface area contributed by atoms with Crippen molar-refractivity contribution in [1.82, 2.24) is 39.3 Å². The summed E-state index contributed by atoms with van der Waals surface area (Å²) in [4.78, 5) is 16.1. The number of hydrogen-bond donors (Lipinski definition) is 2. The van der Waals surface area contributed by atoms with Crippen LogP contribution >= 0.6 is 0 Å². The summed E-state index contributed by atoms with van der Waals surface area (Å²) in [5, 5.41) is 15.1. The van der Waals surface area contributed by atoms with Gasteiger partial charge in [0.05, 0.1) is 17.9 Å². The Kier molecular flexibility index (Phi) is 4.12. The van der Waals surface area contributed by atoms with Crippen molar-refractivity contribution >= 4 is 23.1 Å². The van der Waals surface area contributed by atoms with Crippen molar-refractivity contribution in [3.63, 3.8) is 0 Å². The molecule has 0 aromatic carbocycles. The molecule has 6 rings (SSSR count). The van der Waals surface area contributed by atoms with Gasteiger partial charge in [-0.15, -0.1) is 5.10 Å². The Bertz CT molecular complexity index is 1300. The summed E-state index contributed by atoms with van der Waals surface area (Å²) >= 11 is 0. The van der Waals surface area contributed by atoms with Crippen molar-refractivity contribution in [3.05, 3.63) is 73.2 Å². The third kappa shape index (κ3) is 3.18. The Balaban J connectivity index is 1.36. The molecule has 0 saturated carbocycles. The van der Waals surface area contributed by atoms with E-state index in [2.05, 4.69) is 36.4 Å². The van der Waals surface area contributed by atoms with Gasteiger partial charge in [-0.25, -0.2) is 9.50 Å². The Morgan fingerprint density at radius 1 is 1.10 bits per heavy atom. The lowest BCUT2D eigenvalue weighted by Gasteiger charge is -2.24. The van der Waals surface area contributed by atoms with Crippen LogP contribution in [-0.2, 0) is 0 Å². The second-order valence-electron chi connectivity index (χ2n) is 7.43. The van der Waals surface area contributed by atoms with Crippen molar-refractivity contribution in [2.45, 2.75) is 18.9 Å². The first-order chi connectivity index (χ1) is 15.3. The molecule has 1 aliphatic heterocycles. The molecule has 0 bridgehead atoms. The Hall–Kier alpha value is -4.21. The normalized spacial score (nSPS) is 16.3. The highest BCUT2D eigenvalue weighted by Gasteiger charge is 2.30. The number of hydrogen-bond acceptors (Lipinski definition) is 7. The molecule has 6 heterocycles. The largest absolute Gasteiger partial charge is 0.331 e. The van der Waals surface area contributed by atoms with Crippen molar-refractivity contribution in [2.24, 2.45) is 0 Å². The number of nitrogens with one attached hydrogen (secondary N) is 2. The van der Waals surface area contributed by atoms with Gasteiger partial charge in [0.2, 0.25) is 5.95 Å². The van der Waals surface area contributed by atoms with E-state index in [1.54, 1.807) is 12.5 Å². The van der Waals surface area contributed by atoms with Crippen LogP contribution in [0.25, 0.3) is 11.3 Å². The summed E-state index contributed by atoms with van der Waals surface area (Å²) < 4.78 is 3.69. The van der Waals surface area contributed by atoms with Gasteiger partial charge in [-0.05, 0) is 37.1 Å². The number of anilines is 3. The Morgan fingerprint density at radius 3 is 2.97 bits per heavy atom. The van der Waals surface area contributed by atoms with E-state index >= 15 is 0 Å². The second kappa shape index (κ2) is 7.24. The zero-order valence-corrected chi connectivity index (χ0v) is 16.6. The molecule has 0 aliphatic carbocycles. The summed E-state index contributed by atoms with van der Waals surface area (Å²) in [5.41, 5.74) is 1.93. The van der Waals surface area contributed by atoms with Crippen LogP contribution in [0.5, 0.6) is 0 Å². The lowest BCUT2D eigenvalue weighted by molar-refractivity contribution is 0.670. The van der Waals surface area contributed by atoms with Crippen LogP contribution in [0.4, 0.5) is 17.6 Å². The van der Waals surface area contributed by atoms with Crippen molar-refractivity contribution in [2.75, 3.05) is 16.8 Å². The molecule has 5 aromatic rings. The third-order valence-electron chi connectivity index (χ3n) is 5.50. The number of nitrogens with zero attached hydrogens (tertiary/aromatic N) is 8. The number of aromatic amines is 1.